The van der Waals surface area contributed by atoms with E-state index in [0.29, 0.717) is 56.0 Å². The number of hydrogen-bond donors (Lipinski definition) is 1. The molecule has 6 nitrogen and oxygen atoms in total. The summed E-state index contributed by atoms with van der Waals surface area (Å²) in [6, 6.07) is 3.43. The topological polar surface area (TPSA) is 72.8 Å². The SMILES string of the molecule is CCc1nc(N/N=C\c2cc(Cl)c(OCC(C)C)c(Cl)c2)sc1C(=O)OC. The number of rotatable bonds is 8. The van der Waals surface area contributed by atoms with Gasteiger partial charge in [-0.1, -0.05) is 55.3 Å². The van der Waals surface area contributed by atoms with Gasteiger partial charge in [-0.15, -0.1) is 0 Å². The van der Waals surface area contributed by atoms with Crippen LogP contribution in [0.5, 0.6) is 5.75 Å². The van der Waals surface area contributed by atoms with Gasteiger partial charge in [-0.25, -0.2) is 9.78 Å². The van der Waals surface area contributed by atoms with Crippen molar-refractivity contribution >= 4 is 51.9 Å². The van der Waals surface area contributed by atoms with Crippen molar-refractivity contribution < 1.29 is 14.3 Å². The highest BCUT2D eigenvalue weighted by Gasteiger charge is 2.17. The summed E-state index contributed by atoms with van der Waals surface area (Å²) in [7, 11) is 1.34. The standard InChI is InChI=1S/C18H21Cl2N3O3S/c1-5-14-16(17(24)25-4)27-18(22-14)23-21-8-11-6-12(19)15(13(20)7-11)26-9-10(2)3/h6-8,10H,5,9H2,1-4H3,(H,22,23)/b21-8-. The van der Waals surface area contributed by atoms with Crippen molar-refractivity contribution in [2.45, 2.75) is 27.2 Å². The third-order valence-corrected chi connectivity index (χ3v) is 4.90. The Morgan fingerprint density at radius 1 is 1.37 bits per heavy atom. The molecule has 27 heavy (non-hydrogen) atoms. The van der Waals surface area contributed by atoms with Gasteiger partial charge in [-0.05, 0) is 30.0 Å². The van der Waals surface area contributed by atoms with E-state index in [0.717, 1.165) is 0 Å². The van der Waals surface area contributed by atoms with Crippen LogP contribution in [0.15, 0.2) is 17.2 Å². The lowest BCUT2D eigenvalue weighted by Crippen LogP contribution is -2.05. The van der Waals surface area contributed by atoms with Crippen molar-refractivity contribution in [1.29, 1.82) is 0 Å². The van der Waals surface area contributed by atoms with Crippen molar-refractivity contribution in [3.8, 4) is 5.75 Å². The second-order valence-electron chi connectivity index (χ2n) is 6.03. The van der Waals surface area contributed by atoms with Gasteiger partial charge in [0.25, 0.3) is 0 Å². The molecule has 0 spiro atoms. The first-order chi connectivity index (χ1) is 12.8. The quantitative estimate of drug-likeness (QED) is 0.351. The number of benzene rings is 1. The van der Waals surface area contributed by atoms with Gasteiger partial charge < -0.3 is 9.47 Å². The van der Waals surface area contributed by atoms with E-state index in [-0.39, 0.29) is 0 Å². The molecule has 146 valence electrons. The van der Waals surface area contributed by atoms with E-state index in [4.69, 9.17) is 32.7 Å². The molecule has 1 heterocycles. The second-order valence-corrected chi connectivity index (χ2v) is 7.84. The van der Waals surface area contributed by atoms with Crippen molar-refractivity contribution in [3.05, 3.63) is 38.3 Å². The van der Waals surface area contributed by atoms with E-state index in [9.17, 15) is 4.79 Å². The number of aryl methyl sites for hydroxylation is 1. The summed E-state index contributed by atoms with van der Waals surface area (Å²) in [4.78, 5) is 16.6. The van der Waals surface area contributed by atoms with E-state index in [1.54, 1.807) is 18.3 Å². The molecule has 0 amide bonds. The van der Waals surface area contributed by atoms with Gasteiger partial charge in [-0.2, -0.15) is 5.10 Å². The van der Waals surface area contributed by atoms with Crippen LogP contribution in [0.3, 0.4) is 0 Å². The molecule has 0 bridgehead atoms. The maximum absolute atomic E-state index is 11.7. The second kappa shape index (κ2) is 9.92. The molecule has 0 fully saturated rings. The van der Waals surface area contributed by atoms with Gasteiger partial charge in [0.1, 0.15) is 4.88 Å². The Hall–Kier alpha value is -1.83. The summed E-state index contributed by atoms with van der Waals surface area (Å²) in [5, 5.41) is 5.47. The molecule has 9 heteroatoms. The molecule has 0 atom stereocenters. The fourth-order valence-electron chi connectivity index (χ4n) is 2.10. The largest absolute Gasteiger partial charge is 0.490 e. The minimum Gasteiger partial charge on any atom is -0.490 e. The van der Waals surface area contributed by atoms with Crippen LogP contribution in [0, 0.1) is 5.92 Å². The molecule has 0 aliphatic heterocycles. The summed E-state index contributed by atoms with van der Waals surface area (Å²) in [5.74, 6) is 0.424. The highest BCUT2D eigenvalue weighted by atomic mass is 35.5. The molecular weight excluding hydrogens is 409 g/mol. The van der Waals surface area contributed by atoms with Crippen LogP contribution in [0.1, 0.15) is 41.7 Å². The highest BCUT2D eigenvalue weighted by Crippen LogP contribution is 2.34. The third kappa shape index (κ3) is 5.82. The lowest BCUT2D eigenvalue weighted by atomic mass is 10.2. The van der Waals surface area contributed by atoms with E-state index in [1.807, 2.05) is 20.8 Å². The zero-order chi connectivity index (χ0) is 20.0. The minimum atomic E-state index is -0.406. The summed E-state index contributed by atoms with van der Waals surface area (Å²) in [6.07, 6.45) is 2.18. The number of carbonyl (C=O) groups is 1. The lowest BCUT2D eigenvalue weighted by Gasteiger charge is -2.12. The number of esters is 1. The first kappa shape index (κ1) is 21.5. The van der Waals surface area contributed by atoms with E-state index < -0.39 is 5.97 Å². The fraction of sp³-hybridized carbons (Fsp3) is 0.389. The van der Waals surface area contributed by atoms with Gasteiger partial charge in [0.15, 0.2) is 5.75 Å². The van der Waals surface area contributed by atoms with Crippen LogP contribution in [0.4, 0.5) is 5.13 Å². The molecule has 2 rings (SSSR count). The monoisotopic (exact) mass is 429 g/mol. The van der Waals surface area contributed by atoms with Gasteiger partial charge in [0, 0.05) is 0 Å². The number of halogens is 2. The van der Waals surface area contributed by atoms with Crippen LogP contribution in [0.2, 0.25) is 10.0 Å². The normalized spacial score (nSPS) is 11.2. The van der Waals surface area contributed by atoms with Gasteiger partial charge in [0.05, 0.1) is 35.7 Å². The fourth-order valence-corrected chi connectivity index (χ4v) is 3.63. The van der Waals surface area contributed by atoms with Crippen LogP contribution >= 0.6 is 34.5 Å². The Balaban J connectivity index is 2.10. The molecule has 0 unspecified atom stereocenters. The van der Waals surface area contributed by atoms with Crippen LogP contribution in [-0.4, -0.2) is 30.9 Å². The number of thiazole rings is 1. The smallest absolute Gasteiger partial charge is 0.350 e. The Bertz CT molecular complexity index is 814. The number of hydrogen-bond acceptors (Lipinski definition) is 7. The number of methoxy groups -OCH3 is 1. The number of hydrazone groups is 1. The molecule has 0 radical (unpaired) electrons. The van der Waals surface area contributed by atoms with Crippen molar-refractivity contribution in [2.75, 3.05) is 19.1 Å². The summed E-state index contributed by atoms with van der Waals surface area (Å²) >= 11 is 13.7. The number of ether oxygens (including phenoxy) is 2. The van der Waals surface area contributed by atoms with E-state index in [2.05, 4.69) is 15.5 Å². The molecule has 0 saturated heterocycles. The zero-order valence-electron chi connectivity index (χ0n) is 15.5. The van der Waals surface area contributed by atoms with Crippen LogP contribution in [0.25, 0.3) is 0 Å². The zero-order valence-corrected chi connectivity index (χ0v) is 17.8. The Kier molecular flexibility index (Phi) is 7.89. The molecule has 0 aliphatic rings. The molecule has 1 N–H and O–H groups in total. The minimum absolute atomic E-state index is 0.365. The summed E-state index contributed by atoms with van der Waals surface area (Å²) < 4.78 is 10.4. The predicted molar refractivity (Wildman–Crippen MR) is 111 cm³/mol. The van der Waals surface area contributed by atoms with Gasteiger partial charge in [0.2, 0.25) is 5.13 Å². The molecular formula is C18H21Cl2N3O3S. The molecule has 1 aromatic heterocycles. The number of carbonyl (C=O) groups excluding carboxylic acids is 1. The lowest BCUT2D eigenvalue weighted by molar-refractivity contribution is 0.0605. The number of nitrogens with one attached hydrogen (secondary N) is 1. The average Bonchev–Trinajstić information content (AvgIpc) is 3.03. The maximum atomic E-state index is 11.7. The number of aromatic nitrogens is 1. The van der Waals surface area contributed by atoms with Crippen molar-refractivity contribution in [1.82, 2.24) is 4.98 Å². The summed E-state index contributed by atoms with van der Waals surface area (Å²) in [6.45, 7) is 6.54. The van der Waals surface area contributed by atoms with Crippen molar-refractivity contribution in [3.63, 3.8) is 0 Å². The Morgan fingerprint density at radius 2 is 2.04 bits per heavy atom. The first-order valence-corrected chi connectivity index (χ1v) is 9.91. The molecule has 0 saturated carbocycles. The van der Waals surface area contributed by atoms with Crippen LogP contribution in [-0.2, 0) is 11.2 Å². The van der Waals surface area contributed by atoms with Crippen molar-refractivity contribution in [2.24, 2.45) is 11.0 Å². The number of nitrogens with zero attached hydrogens (tertiary/aromatic N) is 2. The first-order valence-electron chi connectivity index (χ1n) is 8.34. The predicted octanol–water partition coefficient (Wildman–Crippen LogP) is 5.28. The molecule has 2 aromatic rings. The van der Waals surface area contributed by atoms with E-state index >= 15 is 0 Å². The van der Waals surface area contributed by atoms with E-state index in [1.165, 1.54) is 18.4 Å². The molecule has 1 aromatic carbocycles. The Labute approximate surface area is 172 Å². The van der Waals surface area contributed by atoms with Gasteiger partial charge >= 0.3 is 5.97 Å². The van der Waals surface area contributed by atoms with Gasteiger partial charge in [-0.3, -0.25) is 5.43 Å². The molecule has 0 aliphatic carbocycles. The summed E-state index contributed by atoms with van der Waals surface area (Å²) in [5.41, 5.74) is 4.18. The average molecular weight is 430 g/mol. The maximum Gasteiger partial charge on any atom is 0.350 e. The third-order valence-electron chi connectivity index (χ3n) is 3.36. The highest BCUT2D eigenvalue weighted by molar-refractivity contribution is 7.17. The number of anilines is 1. The Morgan fingerprint density at radius 3 is 2.59 bits per heavy atom. The van der Waals surface area contributed by atoms with Crippen LogP contribution < -0.4 is 10.2 Å².